The minimum absolute atomic E-state index is 0.0546. The average Bonchev–Trinajstić information content (AvgIpc) is 2.65. The highest BCUT2D eigenvalue weighted by Gasteiger charge is 2.12. The Bertz CT molecular complexity index is 877. The van der Waals surface area contributed by atoms with Gasteiger partial charge >= 0.3 is 0 Å². The van der Waals surface area contributed by atoms with Gasteiger partial charge in [-0.2, -0.15) is 5.10 Å². The van der Waals surface area contributed by atoms with Gasteiger partial charge in [0.1, 0.15) is 0 Å². The third kappa shape index (κ3) is 5.08. The molecule has 2 aromatic rings. The lowest BCUT2D eigenvalue weighted by Crippen LogP contribution is -2.38. The van der Waals surface area contributed by atoms with Gasteiger partial charge in [-0.15, -0.1) is 0 Å². The molecule has 0 spiro atoms. The molecule has 0 radical (unpaired) electrons. The summed E-state index contributed by atoms with van der Waals surface area (Å²) in [5.74, 6) is 0. The largest absolute Gasteiger partial charge is 0.529 e. The highest BCUT2D eigenvalue weighted by molar-refractivity contribution is 6.02. The van der Waals surface area contributed by atoms with Crippen LogP contribution in [0.25, 0.3) is 0 Å². The van der Waals surface area contributed by atoms with Crippen LogP contribution in [0.1, 0.15) is 18.1 Å². The molecule has 0 saturated heterocycles. The minimum Gasteiger partial charge on any atom is -0.529 e. The normalized spacial score (nSPS) is 11.1. The maximum atomic E-state index is 11.2. The van der Waals surface area contributed by atoms with Gasteiger partial charge < -0.3 is 9.90 Å². The lowest BCUT2D eigenvalue weighted by Gasteiger charge is -2.19. The van der Waals surface area contributed by atoms with Gasteiger partial charge in [0.2, 0.25) is 0 Å². The fourth-order valence-electron chi connectivity index (χ4n) is 2.29. The predicted octanol–water partition coefficient (Wildman–Crippen LogP) is 2.12. The van der Waals surface area contributed by atoms with Crippen LogP contribution in [0.3, 0.4) is 0 Å². The molecule has 10 nitrogen and oxygen atoms in total. The van der Waals surface area contributed by atoms with Crippen molar-refractivity contribution in [3.8, 4) is 0 Å². The summed E-state index contributed by atoms with van der Waals surface area (Å²) in [5, 5.41) is 37.5. The summed E-state index contributed by atoms with van der Waals surface area (Å²) in [4.78, 5) is 31.6. The van der Waals surface area contributed by atoms with Crippen molar-refractivity contribution in [2.75, 3.05) is 6.54 Å². The summed E-state index contributed by atoms with van der Waals surface area (Å²) in [6.45, 7) is 1.64. The predicted molar refractivity (Wildman–Crippen MR) is 94.2 cm³/mol. The minimum atomic E-state index is -1.49. The molecule has 27 heavy (non-hydrogen) atoms. The summed E-state index contributed by atoms with van der Waals surface area (Å²) in [5.41, 5.74) is 1.29. The second-order valence-electron chi connectivity index (χ2n) is 5.43. The number of hydrazone groups is 1. The number of carbonyl (C=O) groups excluding carboxylic acids is 1. The molecule has 0 aliphatic rings. The molecule has 2 rings (SSSR count). The first-order valence-corrected chi connectivity index (χ1v) is 7.86. The van der Waals surface area contributed by atoms with Crippen molar-refractivity contribution in [2.45, 2.75) is 13.3 Å². The van der Waals surface area contributed by atoms with Gasteiger partial charge in [-0.1, -0.05) is 12.1 Å². The number of nitro groups is 2. The van der Waals surface area contributed by atoms with Crippen LogP contribution in [-0.2, 0) is 6.42 Å². The topological polar surface area (TPSA) is 142 Å². The lowest BCUT2D eigenvalue weighted by atomic mass is 10.0. The van der Waals surface area contributed by atoms with Gasteiger partial charge in [0.25, 0.3) is 11.4 Å². The zero-order valence-corrected chi connectivity index (χ0v) is 14.3. The molecule has 140 valence electrons. The van der Waals surface area contributed by atoms with Crippen molar-refractivity contribution in [3.63, 3.8) is 0 Å². The summed E-state index contributed by atoms with van der Waals surface area (Å²) in [6.07, 6.45) is -1.32. The molecule has 0 aliphatic heterocycles. The Morgan fingerprint density at radius 3 is 1.85 bits per heavy atom. The summed E-state index contributed by atoms with van der Waals surface area (Å²) < 4.78 is 0. The fraction of sp³-hybridized carbons (Fsp3) is 0.176. The van der Waals surface area contributed by atoms with Gasteiger partial charge in [0, 0.05) is 37.2 Å². The third-order valence-corrected chi connectivity index (χ3v) is 3.68. The quantitative estimate of drug-likeness (QED) is 0.414. The molecule has 0 unspecified atom stereocenters. The second-order valence-corrected chi connectivity index (χ2v) is 5.43. The SMILES string of the molecule is CCN(N=C(Cc1ccc([N+](=O)[O-])cc1)c1ccc([N+](=O)[O-])cc1)C(=O)[O-]. The standard InChI is InChI=1S/C17H16N4O6/c1-2-19(17(22)23)18-16(13-5-9-15(10-6-13)21(26)27)11-12-3-7-14(8-4-12)20(24)25/h3-10H,2,11H2,1H3,(H,22,23)/p-1. The molecule has 0 saturated carbocycles. The molecule has 0 heterocycles. The first-order chi connectivity index (χ1) is 12.8. The van der Waals surface area contributed by atoms with Crippen LogP contribution in [0.15, 0.2) is 53.6 Å². The van der Waals surface area contributed by atoms with E-state index < -0.39 is 15.9 Å². The Hall–Kier alpha value is -3.82. The molecule has 0 atom stereocenters. The number of nitrogens with zero attached hydrogens (tertiary/aromatic N) is 4. The van der Waals surface area contributed by atoms with Crippen LogP contribution in [0.2, 0.25) is 0 Å². The van der Waals surface area contributed by atoms with Crippen molar-refractivity contribution in [2.24, 2.45) is 5.10 Å². The summed E-state index contributed by atoms with van der Waals surface area (Å²) >= 11 is 0. The van der Waals surface area contributed by atoms with Crippen molar-refractivity contribution in [3.05, 3.63) is 79.9 Å². The van der Waals surface area contributed by atoms with Gasteiger partial charge in [0.15, 0.2) is 6.09 Å². The molecule has 1 amide bonds. The fourth-order valence-corrected chi connectivity index (χ4v) is 2.29. The number of hydrogen-bond acceptors (Lipinski definition) is 7. The smallest absolute Gasteiger partial charge is 0.269 e. The Morgan fingerprint density at radius 1 is 0.963 bits per heavy atom. The monoisotopic (exact) mass is 371 g/mol. The van der Waals surface area contributed by atoms with Crippen LogP contribution < -0.4 is 5.11 Å². The number of rotatable bonds is 7. The average molecular weight is 371 g/mol. The van der Waals surface area contributed by atoms with Crippen LogP contribution in [0.5, 0.6) is 0 Å². The van der Waals surface area contributed by atoms with Crippen LogP contribution in [0, 0.1) is 20.2 Å². The number of non-ortho nitro benzene ring substituents is 2. The zero-order chi connectivity index (χ0) is 20.0. The van der Waals surface area contributed by atoms with Crippen molar-refractivity contribution >= 4 is 23.2 Å². The van der Waals surface area contributed by atoms with E-state index in [1.165, 1.54) is 48.5 Å². The molecular formula is C17H15N4O6-. The number of carbonyl (C=O) groups is 1. The maximum absolute atomic E-state index is 11.2. The van der Waals surface area contributed by atoms with E-state index in [4.69, 9.17) is 0 Å². The first-order valence-electron chi connectivity index (χ1n) is 7.86. The van der Waals surface area contributed by atoms with E-state index in [-0.39, 0.29) is 24.3 Å². The van der Waals surface area contributed by atoms with E-state index >= 15 is 0 Å². The van der Waals surface area contributed by atoms with Crippen LogP contribution in [-0.4, -0.2) is 33.2 Å². The number of amides is 1. The van der Waals surface area contributed by atoms with Crippen LogP contribution in [0.4, 0.5) is 16.2 Å². The molecule has 0 aliphatic carbocycles. The van der Waals surface area contributed by atoms with E-state index in [0.717, 1.165) is 5.01 Å². The molecule has 0 bridgehead atoms. The number of nitro benzene ring substituents is 2. The summed E-state index contributed by atoms with van der Waals surface area (Å²) in [7, 11) is 0. The highest BCUT2D eigenvalue weighted by atomic mass is 16.6. The molecule has 2 aromatic carbocycles. The Labute approximate surface area is 153 Å². The maximum Gasteiger partial charge on any atom is 0.269 e. The van der Waals surface area contributed by atoms with Gasteiger partial charge in [0.05, 0.1) is 15.6 Å². The summed E-state index contributed by atoms with van der Waals surface area (Å²) in [6, 6.07) is 11.2. The van der Waals surface area contributed by atoms with E-state index in [2.05, 4.69) is 5.10 Å². The third-order valence-electron chi connectivity index (χ3n) is 3.68. The number of carboxylic acid groups (broad SMARTS) is 1. The molecular weight excluding hydrogens is 356 g/mol. The van der Waals surface area contributed by atoms with Crippen LogP contribution >= 0.6 is 0 Å². The van der Waals surface area contributed by atoms with E-state index in [1.54, 1.807) is 6.92 Å². The second kappa shape index (κ2) is 8.52. The van der Waals surface area contributed by atoms with Gasteiger partial charge in [-0.3, -0.25) is 20.2 Å². The molecule has 10 heteroatoms. The Morgan fingerprint density at radius 2 is 1.44 bits per heavy atom. The molecule has 0 N–H and O–H groups in total. The van der Waals surface area contributed by atoms with E-state index in [9.17, 15) is 30.1 Å². The zero-order valence-electron chi connectivity index (χ0n) is 14.3. The molecule has 0 fully saturated rings. The Kier molecular flexibility index (Phi) is 6.15. The molecule has 0 aromatic heterocycles. The number of benzene rings is 2. The van der Waals surface area contributed by atoms with Crippen molar-refractivity contribution in [1.82, 2.24) is 5.01 Å². The van der Waals surface area contributed by atoms with E-state index in [0.29, 0.717) is 16.8 Å². The van der Waals surface area contributed by atoms with Gasteiger partial charge in [-0.05, 0) is 30.2 Å². The van der Waals surface area contributed by atoms with Gasteiger partial charge in [-0.25, -0.2) is 5.01 Å². The lowest BCUT2D eigenvalue weighted by molar-refractivity contribution is -0.385. The van der Waals surface area contributed by atoms with Crippen molar-refractivity contribution < 1.29 is 19.7 Å². The van der Waals surface area contributed by atoms with Crippen molar-refractivity contribution in [1.29, 1.82) is 0 Å². The number of hydrogen-bond donors (Lipinski definition) is 0. The first kappa shape index (κ1) is 19.5. The Balaban J connectivity index is 2.39. The highest BCUT2D eigenvalue weighted by Crippen LogP contribution is 2.17. The van der Waals surface area contributed by atoms with E-state index in [1.807, 2.05) is 0 Å².